The van der Waals surface area contributed by atoms with Crippen molar-refractivity contribution in [2.45, 2.75) is 11.3 Å². The first-order chi connectivity index (χ1) is 7.64. The van der Waals surface area contributed by atoms with E-state index in [1.54, 1.807) is 0 Å². The van der Waals surface area contributed by atoms with Gasteiger partial charge in [0, 0.05) is 21.2 Å². The van der Waals surface area contributed by atoms with Crippen molar-refractivity contribution in [1.29, 1.82) is 0 Å². The van der Waals surface area contributed by atoms with E-state index in [-0.39, 0.29) is 4.47 Å². The van der Waals surface area contributed by atoms with E-state index in [0.29, 0.717) is 0 Å². The number of hydrogen-bond donors (Lipinski definition) is 0. The van der Waals surface area contributed by atoms with Crippen LogP contribution >= 0.6 is 26.6 Å². The Hall–Kier alpha value is -0.800. The third-order valence-corrected chi connectivity index (χ3v) is 3.58. The zero-order valence-electron chi connectivity index (χ0n) is 7.73. The summed E-state index contributed by atoms with van der Waals surface area (Å²) in [5.74, 6) is 0. The number of nitrogens with zero attached hydrogens (tertiary/aromatic N) is 1. The van der Waals surface area contributed by atoms with Gasteiger partial charge in [0.25, 0.3) is 21.2 Å². The van der Waals surface area contributed by atoms with Crippen molar-refractivity contribution in [3.05, 3.63) is 32.3 Å². The zero-order chi connectivity index (χ0) is 13.4. The first-order valence-corrected chi connectivity index (χ1v) is 6.95. The maximum Gasteiger partial charge on any atom is 0.280 e. The molecule has 1 rings (SSSR count). The first-order valence-electron chi connectivity index (χ1n) is 3.85. The molecule has 0 atom stereocenters. The molecule has 1 aromatic rings. The second kappa shape index (κ2) is 4.83. The minimum atomic E-state index is -4.50. The van der Waals surface area contributed by atoms with E-state index in [4.69, 9.17) is 10.7 Å². The molecule has 0 spiro atoms. The summed E-state index contributed by atoms with van der Waals surface area (Å²) in [6.07, 6.45) is -3.33. The van der Waals surface area contributed by atoms with Crippen LogP contribution < -0.4 is 0 Å². The Bertz CT molecular complexity index is 577. The summed E-state index contributed by atoms with van der Waals surface area (Å²) in [4.78, 5) is 8.50. The van der Waals surface area contributed by atoms with E-state index >= 15 is 0 Å². The molecule has 0 aliphatic heterocycles. The molecule has 1 aromatic carbocycles. The van der Waals surface area contributed by atoms with Crippen LogP contribution in [0.1, 0.15) is 12.0 Å². The lowest BCUT2D eigenvalue weighted by molar-refractivity contribution is -0.386. The Morgan fingerprint density at radius 1 is 1.41 bits per heavy atom. The molecule has 0 fully saturated rings. The molecule has 0 bridgehead atoms. The number of nitro benzene ring substituents is 1. The van der Waals surface area contributed by atoms with E-state index in [9.17, 15) is 27.3 Å². The summed E-state index contributed by atoms with van der Waals surface area (Å²) in [5, 5.41) is 10.6. The molecule has 10 heteroatoms. The van der Waals surface area contributed by atoms with Crippen molar-refractivity contribution in [2.24, 2.45) is 0 Å². The average Bonchev–Trinajstić information content (AvgIpc) is 2.14. The number of benzene rings is 1. The highest BCUT2D eigenvalue weighted by Crippen LogP contribution is 2.38. The van der Waals surface area contributed by atoms with Crippen molar-refractivity contribution >= 4 is 41.4 Å². The summed E-state index contributed by atoms with van der Waals surface area (Å²) in [6.45, 7) is 0. The van der Waals surface area contributed by atoms with Crippen molar-refractivity contribution in [2.75, 3.05) is 0 Å². The van der Waals surface area contributed by atoms with E-state index in [1.807, 2.05) is 0 Å². The van der Waals surface area contributed by atoms with Gasteiger partial charge in [-0.25, -0.2) is 17.2 Å². The number of hydrogen-bond acceptors (Lipinski definition) is 4. The van der Waals surface area contributed by atoms with Crippen LogP contribution in [0.15, 0.2) is 21.5 Å². The first kappa shape index (κ1) is 14.3. The molecule has 0 aromatic heterocycles. The van der Waals surface area contributed by atoms with Crippen molar-refractivity contribution in [3.8, 4) is 0 Å². The van der Waals surface area contributed by atoms with E-state index in [1.165, 1.54) is 0 Å². The van der Waals surface area contributed by atoms with Gasteiger partial charge in [-0.3, -0.25) is 10.1 Å². The minimum absolute atomic E-state index is 0.0344. The van der Waals surface area contributed by atoms with Gasteiger partial charge in [-0.2, -0.15) is 0 Å². The lowest BCUT2D eigenvalue weighted by Crippen LogP contribution is -2.04. The van der Waals surface area contributed by atoms with Gasteiger partial charge in [0.1, 0.15) is 5.56 Å². The largest absolute Gasteiger partial charge is 0.280 e. The fourth-order valence-corrected chi connectivity index (χ4v) is 2.86. The predicted molar refractivity (Wildman–Crippen MR) is 58.8 cm³/mol. The van der Waals surface area contributed by atoms with Crippen LogP contribution in [-0.2, 0) is 9.05 Å². The summed E-state index contributed by atoms with van der Waals surface area (Å²) < 4.78 is 47.4. The molecular weight excluding hydrogens is 348 g/mol. The van der Waals surface area contributed by atoms with Gasteiger partial charge in [0.2, 0.25) is 0 Å². The normalized spacial score (nSPS) is 11.8. The fraction of sp³-hybridized carbons (Fsp3) is 0.143. The lowest BCUT2D eigenvalue weighted by atomic mass is 10.2. The summed E-state index contributed by atoms with van der Waals surface area (Å²) in [7, 11) is 0.453. The highest BCUT2D eigenvalue weighted by molar-refractivity contribution is 9.10. The topological polar surface area (TPSA) is 77.3 Å². The number of nitro groups is 1. The van der Waals surface area contributed by atoms with Gasteiger partial charge in [0.15, 0.2) is 0 Å². The van der Waals surface area contributed by atoms with Gasteiger partial charge < -0.3 is 0 Å². The molecule has 0 radical (unpaired) electrons. The lowest BCUT2D eigenvalue weighted by Gasteiger charge is -2.07. The maximum atomic E-state index is 12.7. The second-order valence-corrected chi connectivity index (χ2v) is 6.28. The summed E-state index contributed by atoms with van der Waals surface area (Å²) >= 11 is 2.78. The molecule has 0 aliphatic rings. The quantitative estimate of drug-likeness (QED) is 0.476. The van der Waals surface area contributed by atoms with Gasteiger partial charge in [0.05, 0.1) is 9.82 Å². The van der Waals surface area contributed by atoms with Crippen LogP contribution in [0.25, 0.3) is 0 Å². The Morgan fingerprint density at radius 2 is 1.94 bits per heavy atom. The SMILES string of the molecule is O=[N+]([O-])c1cc(Br)cc(S(=O)(=O)Cl)c1C(F)F. The van der Waals surface area contributed by atoms with Gasteiger partial charge in [-0.15, -0.1) is 0 Å². The van der Waals surface area contributed by atoms with Crippen molar-refractivity contribution in [1.82, 2.24) is 0 Å². The van der Waals surface area contributed by atoms with Crippen LogP contribution in [0, 0.1) is 10.1 Å². The predicted octanol–water partition coefficient (Wildman–Crippen LogP) is 3.22. The third-order valence-electron chi connectivity index (χ3n) is 1.76. The van der Waals surface area contributed by atoms with Gasteiger partial charge in [-0.05, 0) is 6.07 Å². The Labute approximate surface area is 107 Å². The Kier molecular flexibility index (Phi) is 4.05. The average molecular weight is 351 g/mol. The summed E-state index contributed by atoms with van der Waals surface area (Å²) in [6, 6.07) is 1.57. The maximum absolute atomic E-state index is 12.7. The molecular formula is C7H3BrClF2NO4S. The van der Waals surface area contributed by atoms with Crippen molar-refractivity contribution in [3.63, 3.8) is 0 Å². The molecule has 0 amide bonds. The van der Waals surface area contributed by atoms with E-state index in [2.05, 4.69) is 15.9 Å². The third kappa shape index (κ3) is 3.11. The highest BCUT2D eigenvalue weighted by Gasteiger charge is 2.31. The van der Waals surface area contributed by atoms with Crippen molar-refractivity contribution < 1.29 is 22.1 Å². The number of alkyl halides is 2. The smallest absolute Gasteiger partial charge is 0.258 e. The fourth-order valence-electron chi connectivity index (χ4n) is 1.15. The zero-order valence-corrected chi connectivity index (χ0v) is 10.9. The Balaban J connectivity index is 3.77. The molecule has 0 saturated carbocycles. The molecule has 94 valence electrons. The number of halogens is 4. The van der Waals surface area contributed by atoms with Crippen LogP contribution in [-0.4, -0.2) is 13.3 Å². The van der Waals surface area contributed by atoms with Gasteiger partial charge in [-0.1, -0.05) is 15.9 Å². The second-order valence-electron chi connectivity index (χ2n) is 2.83. The van der Waals surface area contributed by atoms with Crippen LogP contribution in [0.4, 0.5) is 14.5 Å². The molecule has 0 saturated heterocycles. The molecule has 0 unspecified atom stereocenters. The minimum Gasteiger partial charge on any atom is -0.258 e. The number of rotatable bonds is 3. The van der Waals surface area contributed by atoms with E-state index < -0.39 is 36.5 Å². The van der Waals surface area contributed by atoms with Gasteiger partial charge >= 0.3 is 0 Å². The standard InChI is InChI=1S/C7H3BrClF2NO4S/c8-3-1-4(12(13)14)6(7(10)11)5(2-3)17(9,15)16/h1-2,7H. The van der Waals surface area contributed by atoms with Crippen LogP contribution in [0.3, 0.4) is 0 Å². The Morgan fingerprint density at radius 3 is 2.29 bits per heavy atom. The molecule has 5 nitrogen and oxygen atoms in total. The molecule has 0 heterocycles. The van der Waals surface area contributed by atoms with E-state index in [0.717, 1.165) is 12.1 Å². The van der Waals surface area contributed by atoms with Crippen LogP contribution in [0.2, 0.25) is 0 Å². The molecule has 0 aliphatic carbocycles. The molecule has 0 N–H and O–H groups in total. The monoisotopic (exact) mass is 349 g/mol. The highest BCUT2D eigenvalue weighted by atomic mass is 79.9. The van der Waals surface area contributed by atoms with Crippen LogP contribution in [0.5, 0.6) is 0 Å². The summed E-state index contributed by atoms with van der Waals surface area (Å²) in [5.41, 5.74) is -2.22. The molecule has 17 heavy (non-hydrogen) atoms.